The van der Waals surface area contributed by atoms with Crippen LogP contribution in [0.5, 0.6) is 11.5 Å². The lowest BCUT2D eigenvalue weighted by Crippen LogP contribution is -2.03. The van der Waals surface area contributed by atoms with E-state index in [1.807, 2.05) is 42.5 Å². The van der Waals surface area contributed by atoms with E-state index >= 15 is 0 Å². The molecule has 0 heterocycles. The number of carboxylic acids is 1. The zero-order valence-electron chi connectivity index (χ0n) is 13.3. The second kappa shape index (κ2) is 8.08. The first kappa shape index (κ1) is 16.7. The van der Waals surface area contributed by atoms with Crippen LogP contribution in [-0.4, -0.2) is 25.3 Å². The van der Waals surface area contributed by atoms with Crippen molar-refractivity contribution in [2.45, 2.75) is 19.4 Å². The molecule has 0 aliphatic rings. The van der Waals surface area contributed by atoms with Crippen molar-refractivity contribution in [1.29, 1.82) is 0 Å². The number of hydrogen-bond acceptors (Lipinski definition) is 4. The van der Waals surface area contributed by atoms with Crippen LogP contribution in [0.1, 0.15) is 17.5 Å². The zero-order valence-corrected chi connectivity index (χ0v) is 13.3. The number of benzene rings is 2. The molecule has 0 amide bonds. The number of aliphatic carboxylic acids is 1. The minimum absolute atomic E-state index is 0.132. The normalized spacial score (nSPS) is 10.2. The molecule has 0 aliphatic carbocycles. The van der Waals surface area contributed by atoms with E-state index in [-0.39, 0.29) is 6.42 Å². The minimum Gasteiger partial charge on any atom is -0.497 e. The molecular formula is C18H21NO4. The van der Waals surface area contributed by atoms with Crippen molar-refractivity contribution in [3.05, 3.63) is 53.6 Å². The fourth-order valence-electron chi connectivity index (χ4n) is 2.31. The number of nitrogens with one attached hydrogen (secondary N) is 1. The van der Waals surface area contributed by atoms with Crippen LogP contribution in [0.3, 0.4) is 0 Å². The Balaban J connectivity index is 2.05. The maximum absolute atomic E-state index is 10.7. The van der Waals surface area contributed by atoms with Gasteiger partial charge in [0, 0.05) is 24.2 Å². The number of ether oxygens (including phenoxy) is 2. The standard InChI is InChI=1S/C18H21NO4/c1-22-16-7-8-17(23-2)14(11-16)12-19-15-5-3-4-13(10-15)6-9-18(20)21/h3-5,7-8,10-11,19H,6,9,12H2,1-2H3,(H,20,21). The van der Waals surface area contributed by atoms with Crippen LogP contribution in [0.4, 0.5) is 5.69 Å². The number of carboxylic acid groups (broad SMARTS) is 1. The van der Waals surface area contributed by atoms with Crippen molar-refractivity contribution in [3.8, 4) is 11.5 Å². The van der Waals surface area contributed by atoms with Crippen molar-refractivity contribution in [2.75, 3.05) is 19.5 Å². The van der Waals surface area contributed by atoms with E-state index in [0.29, 0.717) is 13.0 Å². The molecule has 0 saturated heterocycles. The van der Waals surface area contributed by atoms with Gasteiger partial charge in [-0.05, 0) is 42.3 Å². The lowest BCUT2D eigenvalue weighted by atomic mass is 10.1. The molecule has 0 atom stereocenters. The second-order valence-corrected chi connectivity index (χ2v) is 5.13. The Labute approximate surface area is 135 Å². The summed E-state index contributed by atoms with van der Waals surface area (Å²) in [7, 11) is 3.27. The summed E-state index contributed by atoms with van der Waals surface area (Å²) in [5.74, 6) is 0.780. The molecule has 5 heteroatoms. The zero-order chi connectivity index (χ0) is 16.7. The molecule has 0 spiro atoms. The van der Waals surface area contributed by atoms with Crippen LogP contribution in [0, 0.1) is 0 Å². The third kappa shape index (κ3) is 4.92. The lowest BCUT2D eigenvalue weighted by molar-refractivity contribution is -0.136. The summed E-state index contributed by atoms with van der Waals surface area (Å²) >= 11 is 0. The molecular weight excluding hydrogens is 294 g/mol. The van der Waals surface area contributed by atoms with Gasteiger partial charge in [-0.2, -0.15) is 0 Å². The molecule has 0 fully saturated rings. The molecule has 23 heavy (non-hydrogen) atoms. The van der Waals surface area contributed by atoms with Gasteiger partial charge in [0.25, 0.3) is 0 Å². The summed E-state index contributed by atoms with van der Waals surface area (Å²) < 4.78 is 10.6. The van der Waals surface area contributed by atoms with E-state index in [1.54, 1.807) is 14.2 Å². The Bertz CT molecular complexity index is 670. The highest BCUT2D eigenvalue weighted by Gasteiger charge is 2.06. The molecule has 2 N–H and O–H groups in total. The summed E-state index contributed by atoms with van der Waals surface area (Å²) in [5.41, 5.74) is 2.93. The average Bonchev–Trinajstić information content (AvgIpc) is 2.58. The van der Waals surface area contributed by atoms with Crippen molar-refractivity contribution in [2.24, 2.45) is 0 Å². The van der Waals surface area contributed by atoms with Crippen LogP contribution >= 0.6 is 0 Å². The lowest BCUT2D eigenvalue weighted by Gasteiger charge is -2.13. The first-order chi connectivity index (χ1) is 11.1. The topological polar surface area (TPSA) is 67.8 Å². The highest BCUT2D eigenvalue weighted by molar-refractivity contribution is 5.67. The van der Waals surface area contributed by atoms with Crippen molar-refractivity contribution in [1.82, 2.24) is 0 Å². The molecule has 2 aromatic carbocycles. The van der Waals surface area contributed by atoms with E-state index in [1.165, 1.54) is 0 Å². The Hall–Kier alpha value is -2.69. The fraction of sp³-hybridized carbons (Fsp3) is 0.278. The van der Waals surface area contributed by atoms with Gasteiger partial charge in [0.05, 0.1) is 14.2 Å². The Kier molecular flexibility index (Phi) is 5.86. The average molecular weight is 315 g/mol. The largest absolute Gasteiger partial charge is 0.497 e. The van der Waals surface area contributed by atoms with Crippen LogP contribution in [-0.2, 0) is 17.8 Å². The minimum atomic E-state index is -0.788. The predicted octanol–water partition coefficient (Wildman–Crippen LogP) is 3.33. The van der Waals surface area contributed by atoms with Gasteiger partial charge in [0.1, 0.15) is 11.5 Å². The predicted molar refractivity (Wildman–Crippen MR) is 89.3 cm³/mol. The van der Waals surface area contributed by atoms with Crippen LogP contribution in [0.25, 0.3) is 0 Å². The third-order valence-corrected chi connectivity index (χ3v) is 3.53. The number of anilines is 1. The Morgan fingerprint density at radius 2 is 1.96 bits per heavy atom. The molecule has 122 valence electrons. The Morgan fingerprint density at radius 1 is 1.13 bits per heavy atom. The smallest absolute Gasteiger partial charge is 0.303 e. The molecule has 0 radical (unpaired) electrons. The number of methoxy groups -OCH3 is 2. The molecule has 2 rings (SSSR count). The molecule has 0 saturated carbocycles. The molecule has 2 aromatic rings. The van der Waals surface area contributed by atoms with Crippen molar-refractivity contribution >= 4 is 11.7 Å². The third-order valence-electron chi connectivity index (χ3n) is 3.53. The summed E-state index contributed by atoms with van der Waals surface area (Å²) in [6, 6.07) is 13.4. The van der Waals surface area contributed by atoms with E-state index in [4.69, 9.17) is 14.6 Å². The van der Waals surface area contributed by atoms with Gasteiger partial charge in [0.15, 0.2) is 0 Å². The number of carbonyl (C=O) groups is 1. The van der Waals surface area contributed by atoms with Crippen LogP contribution < -0.4 is 14.8 Å². The van der Waals surface area contributed by atoms with E-state index < -0.39 is 5.97 Å². The van der Waals surface area contributed by atoms with E-state index in [2.05, 4.69) is 5.32 Å². The molecule has 5 nitrogen and oxygen atoms in total. The fourth-order valence-corrected chi connectivity index (χ4v) is 2.31. The monoisotopic (exact) mass is 315 g/mol. The van der Waals surface area contributed by atoms with Crippen molar-refractivity contribution < 1.29 is 19.4 Å². The van der Waals surface area contributed by atoms with Gasteiger partial charge in [-0.25, -0.2) is 0 Å². The van der Waals surface area contributed by atoms with Gasteiger partial charge in [-0.3, -0.25) is 4.79 Å². The summed E-state index contributed by atoms with van der Waals surface area (Å²) in [5, 5.41) is 12.1. The SMILES string of the molecule is COc1ccc(OC)c(CNc2cccc(CCC(=O)O)c2)c1. The highest BCUT2D eigenvalue weighted by atomic mass is 16.5. The molecule has 0 unspecified atom stereocenters. The maximum atomic E-state index is 10.7. The first-order valence-corrected chi connectivity index (χ1v) is 7.38. The van der Waals surface area contributed by atoms with Gasteiger partial charge >= 0.3 is 5.97 Å². The Morgan fingerprint density at radius 3 is 2.65 bits per heavy atom. The number of rotatable bonds is 8. The van der Waals surface area contributed by atoms with Gasteiger partial charge in [-0.1, -0.05) is 12.1 Å². The second-order valence-electron chi connectivity index (χ2n) is 5.13. The van der Waals surface area contributed by atoms with E-state index in [0.717, 1.165) is 28.3 Å². The van der Waals surface area contributed by atoms with Gasteiger partial charge in [0.2, 0.25) is 0 Å². The van der Waals surface area contributed by atoms with E-state index in [9.17, 15) is 4.79 Å². The highest BCUT2D eigenvalue weighted by Crippen LogP contribution is 2.25. The van der Waals surface area contributed by atoms with Gasteiger partial charge in [-0.15, -0.1) is 0 Å². The molecule has 0 aliphatic heterocycles. The quantitative estimate of drug-likeness (QED) is 0.782. The summed E-state index contributed by atoms with van der Waals surface area (Å²) in [4.78, 5) is 10.7. The van der Waals surface area contributed by atoms with Crippen LogP contribution in [0.2, 0.25) is 0 Å². The number of aryl methyl sites for hydroxylation is 1. The number of hydrogen-bond donors (Lipinski definition) is 2. The van der Waals surface area contributed by atoms with Gasteiger partial charge < -0.3 is 19.9 Å². The summed E-state index contributed by atoms with van der Waals surface area (Å²) in [6.45, 7) is 0.586. The van der Waals surface area contributed by atoms with Crippen LogP contribution in [0.15, 0.2) is 42.5 Å². The molecule has 0 bridgehead atoms. The maximum Gasteiger partial charge on any atom is 0.303 e. The summed E-state index contributed by atoms with van der Waals surface area (Å²) in [6.07, 6.45) is 0.653. The molecule has 0 aromatic heterocycles. The first-order valence-electron chi connectivity index (χ1n) is 7.38. The van der Waals surface area contributed by atoms with Crippen molar-refractivity contribution in [3.63, 3.8) is 0 Å².